The molecule has 0 atom stereocenters. The number of alkyl halides is 6. The van der Waals surface area contributed by atoms with Gasteiger partial charge in [-0.05, 0) is 36.4 Å². The average molecular weight is 466 g/mol. The minimum Gasteiger partial charge on any atom is -0.336 e. The fourth-order valence-corrected chi connectivity index (χ4v) is 4.59. The van der Waals surface area contributed by atoms with E-state index in [4.69, 9.17) is 0 Å². The van der Waals surface area contributed by atoms with Gasteiger partial charge < -0.3 is 4.90 Å². The monoisotopic (exact) mass is 466 g/mol. The summed E-state index contributed by atoms with van der Waals surface area (Å²) in [7, 11) is -4.24. The summed E-state index contributed by atoms with van der Waals surface area (Å²) in [5, 5.41) is 0. The molecule has 12 heteroatoms. The zero-order chi connectivity index (χ0) is 23.0. The van der Waals surface area contributed by atoms with E-state index in [1.165, 1.54) is 11.0 Å². The molecular formula is C19H16F6N2O3S. The van der Waals surface area contributed by atoms with Gasteiger partial charge in [-0.2, -0.15) is 30.6 Å². The molecule has 0 spiro atoms. The lowest BCUT2D eigenvalue weighted by Crippen LogP contribution is -2.50. The number of carbonyl (C=O) groups is 1. The van der Waals surface area contributed by atoms with Crippen molar-refractivity contribution in [3.63, 3.8) is 0 Å². The molecule has 0 unspecified atom stereocenters. The summed E-state index contributed by atoms with van der Waals surface area (Å²) in [5.74, 6) is -0.692. The quantitative estimate of drug-likeness (QED) is 0.646. The van der Waals surface area contributed by atoms with Crippen LogP contribution in [0, 0.1) is 0 Å². The van der Waals surface area contributed by atoms with Gasteiger partial charge in [0.15, 0.2) is 0 Å². The summed E-state index contributed by atoms with van der Waals surface area (Å²) in [6.45, 7) is -0.646. The van der Waals surface area contributed by atoms with E-state index in [0.717, 1.165) is 34.6 Å². The van der Waals surface area contributed by atoms with Crippen molar-refractivity contribution in [3.8, 4) is 0 Å². The van der Waals surface area contributed by atoms with Crippen LogP contribution in [-0.2, 0) is 22.4 Å². The van der Waals surface area contributed by atoms with Crippen LogP contribution in [0.3, 0.4) is 0 Å². The highest BCUT2D eigenvalue weighted by Crippen LogP contribution is 2.32. The van der Waals surface area contributed by atoms with Gasteiger partial charge in [0.25, 0.3) is 5.91 Å². The van der Waals surface area contributed by atoms with E-state index in [1.807, 2.05) is 0 Å². The van der Waals surface area contributed by atoms with Gasteiger partial charge in [-0.25, -0.2) is 8.42 Å². The number of nitrogens with zero attached hydrogens (tertiary/aromatic N) is 2. The largest absolute Gasteiger partial charge is 0.416 e. The number of hydrogen-bond acceptors (Lipinski definition) is 3. The van der Waals surface area contributed by atoms with Gasteiger partial charge in [0.05, 0.1) is 16.0 Å². The lowest BCUT2D eigenvalue weighted by Gasteiger charge is -2.34. The number of carbonyl (C=O) groups excluding carboxylic acids is 1. The van der Waals surface area contributed by atoms with Crippen molar-refractivity contribution < 1.29 is 39.6 Å². The van der Waals surface area contributed by atoms with E-state index in [0.29, 0.717) is 12.1 Å². The molecule has 1 saturated heterocycles. The van der Waals surface area contributed by atoms with E-state index in [-0.39, 0.29) is 31.7 Å². The van der Waals surface area contributed by atoms with Crippen molar-refractivity contribution in [2.75, 3.05) is 26.2 Å². The Morgan fingerprint density at radius 3 is 1.84 bits per heavy atom. The molecule has 0 aromatic heterocycles. The highest BCUT2D eigenvalue weighted by atomic mass is 32.2. The number of rotatable bonds is 3. The number of amides is 1. The Bertz CT molecular complexity index is 1070. The van der Waals surface area contributed by atoms with Crippen LogP contribution in [0.2, 0.25) is 0 Å². The summed E-state index contributed by atoms with van der Waals surface area (Å²) >= 11 is 0. The molecule has 2 aromatic rings. The van der Waals surface area contributed by atoms with E-state index < -0.39 is 44.3 Å². The normalized spacial score (nSPS) is 16.4. The molecule has 0 radical (unpaired) electrons. The van der Waals surface area contributed by atoms with E-state index in [1.54, 1.807) is 0 Å². The first-order chi connectivity index (χ1) is 14.3. The Kier molecular flexibility index (Phi) is 6.07. The Balaban J connectivity index is 1.73. The fourth-order valence-electron chi connectivity index (χ4n) is 3.12. The van der Waals surface area contributed by atoms with Crippen molar-refractivity contribution in [1.82, 2.24) is 9.21 Å². The van der Waals surface area contributed by atoms with Crippen LogP contribution in [0.25, 0.3) is 0 Å². The third-order valence-electron chi connectivity index (χ3n) is 4.76. The van der Waals surface area contributed by atoms with Crippen LogP contribution >= 0.6 is 0 Å². The van der Waals surface area contributed by atoms with Crippen LogP contribution in [-0.4, -0.2) is 49.7 Å². The number of benzene rings is 2. The SMILES string of the molecule is O=C(c1cccc(C(F)(F)F)c1)N1CCN(S(=O)(=O)c2cccc(C(F)(F)F)c2)CC1. The predicted octanol–water partition coefficient (Wildman–Crippen LogP) is 3.87. The molecule has 1 aliphatic heterocycles. The molecule has 1 fully saturated rings. The van der Waals surface area contributed by atoms with Crippen LogP contribution < -0.4 is 0 Å². The average Bonchev–Trinajstić information content (AvgIpc) is 2.72. The van der Waals surface area contributed by atoms with Crippen molar-refractivity contribution in [1.29, 1.82) is 0 Å². The van der Waals surface area contributed by atoms with Gasteiger partial charge in [-0.15, -0.1) is 0 Å². The third kappa shape index (κ3) is 5.01. The molecule has 168 valence electrons. The lowest BCUT2D eigenvalue weighted by molar-refractivity contribution is -0.138. The standard InChI is InChI=1S/C19H16F6N2O3S/c20-18(21,22)14-4-1-3-13(11-14)17(28)26-7-9-27(10-8-26)31(29,30)16-6-2-5-15(12-16)19(23,24)25/h1-6,11-12H,7-10H2. The molecule has 0 saturated carbocycles. The van der Waals surface area contributed by atoms with Gasteiger partial charge in [-0.3, -0.25) is 4.79 Å². The van der Waals surface area contributed by atoms with Gasteiger partial charge in [0.1, 0.15) is 0 Å². The highest BCUT2D eigenvalue weighted by molar-refractivity contribution is 7.89. The first kappa shape index (κ1) is 23.1. The summed E-state index contributed by atoms with van der Waals surface area (Å²) < 4.78 is 104. The summed E-state index contributed by atoms with van der Waals surface area (Å²) in [5.41, 5.74) is -2.28. The highest BCUT2D eigenvalue weighted by Gasteiger charge is 2.35. The van der Waals surface area contributed by atoms with Gasteiger partial charge in [-0.1, -0.05) is 12.1 Å². The van der Waals surface area contributed by atoms with Crippen molar-refractivity contribution in [3.05, 3.63) is 65.2 Å². The van der Waals surface area contributed by atoms with Gasteiger partial charge in [0, 0.05) is 31.7 Å². The smallest absolute Gasteiger partial charge is 0.336 e. The van der Waals surface area contributed by atoms with E-state index in [9.17, 15) is 39.6 Å². The van der Waals surface area contributed by atoms with E-state index in [2.05, 4.69) is 0 Å². The summed E-state index contributed by atoms with van der Waals surface area (Å²) in [6.07, 6.45) is -9.32. The molecule has 31 heavy (non-hydrogen) atoms. The second kappa shape index (κ2) is 8.15. The molecule has 5 nitrogen and oxygen atoms in total. The molecular weight excluding hydrogens is 450 g/mol. The number of hydrogen-bond donors (Lipinski definition) is 0. The zero-order valence-corrected chi connectivity index (χ0v) is 16.6. The third-order valence-corrected chi connectivity index (χ3v) is 6.66. The van der Waals surface area contributed by atoms with Gasteiger partial charge >= 0.3 is 12.4 Å². The van der Waals surface area contributed by atoms with Gasteiger partial charge in [0.2, 0.25) is 10.0 Å². The van der Waals surface area contributed by atoms with Crippen molar-refractivity contribution >= 4 is 15.9 Å². The maximum atomic E-state index is 12.9. The molecule has 2 aromatic carbocycles. The maximum Gasteiger partial charge on any atom is 0.416 e. The maximum absolute atomic E-state index is 12.9. The Hall–Kier alpha value is -2.60. The Labute approximate surface area is 173 Å². The molecule has 1 aliphatic rings. The summed E-state index contributed by atoms with van der Waals surface area (Å²) in [4.78, 5) is 13.2. The first-order valence-corrected chi connectivity index (χ1v) is 10.4. The van der Waals surface area contributed by atoms with Crippen LogP contribution in [0.4, 0.5) is 26.3 Å². The van der Waals surface area contributed by atoms with Crippen LogP contribution in [0.1, 0.15) is 21.5 Å². The minimum absolute atomic E-state index is 0.118. The zero-order valence-electron chi connectivity index (χ0n) is 15.7. The predicted molar refractivity (Wildman–Crippen MR) is 97.6 cm³/mol. The molecule has 0 N–H and O–H groups in total. The number of sulfonamides is 1. The second-order valence-electron chi connectivity index (χ2n) is 6.80. The first-order valence-electron chi connectivity index (χ1n) is 8.94. The molecule has 0 aliphatic carbocycles. The fraction of sp³-hybridized carbons (Fsp3) is 0.316. The molecule has 3 rings (SSSR count). The lowest BCUT2D eigenvalue weighted by atomic mass is 10.1. The summed E-state index contributed by atoms with van der Waals surface area (Å²) in [6, 6.07) is 7.20. The van der Waals surface area contributed by atoms with Crippen LogP contribution in [0.5, 0.6) is 0 Å². The topological polar surface area (TPSA) is 57.7 Å². The van der Waals surface area contributed by atoms with Crippen molar-refractivity contribution in [2.24, 2.45) is 0 Å². The second-order valence-corrected chi connectivity index (χ2v) is 8.74. The number of halogens is 6. The van der Waals surface area contributed by atoms with Crippen molar-refractivity contribution in [2.45, 2.75) is 17.2 Å². The molecule has 1 amide bonds. The number of piperazine rings is 1. The molecule has 1 heterocycles. The van der Waals surface area contributed by atoms with Crippen LogP contribution in [0.15, 0.2) is 53.4 Å². The van der Waals surface area contributed by atoms with E-state index >= 15 is 0 Å². The minimum atomic E-state index is -4.71. The Morgan fingerprint density at radius 1 is 0.774 bits per heavy atom. The Morgan fingerprint density at radius 2 is 1.29 bits per heavy atom. The molecule has 0 bridgehead atoms.